The highest BCUT2D eigenvalue weighted by Crippen LogP contribution is 2.15. The van der Waals surface area contributed by atoms with Gasteiger partial charge in [0, 0.05) is 32.2 Å². The molecule has 0 aliphatic heterocycles. The summed E-state index contributed by atoms with van der Waals surface area (Å²) in [5, 5.41) is 0.0703. The summed E-state index contributed by atoms with van der Waals surface area (Å²) < 4.78 is 27.7. The summed E-state index contributed by atoms with van der Waals surface area (Å²) in [6.45, 7) is 4.61. The first-order chi connectivity index (χ1) is 8.95. The average Bonchev–Trinajstić information content (AvgIpc) is 2.98. The molecule has 104 valence electrons. The van der Waals surface area contributed by atoms with Gasteiger partial charge in [0.05, 0.1) is 6.54 Å². The third-order valence-corrected chi connectivity index (χ3v) is 4.57. The summed E-state index contributed by atoms with van der Waals surface area (Å²) in [4.78, 5) is 11.0. The highest BCUT2D eigenvalue weighted by molar-refractivity contribution is 7.89. The van der Waals surface area contributed by atoms with Crippen LogP contribution in [0.15, 0.2) is 23.6 Å². The van der Waals surface area contributed by atoms with Gasteiger partial charge in [-0.1, -0.05) is 0 Å². The predicted molar refractivity (Wildman–Crippen MR) is 69.9 cm³/mol. The number of sulfonamides is 1. The number of aromatic nitrogens is 4. The molecule has 1 N–H and O–H groups in total. The highest BCUT2D eigenvalue weighted by Gasteiger charge is 2.25. The molecule has 0 spiro atoms. The zero-order valence-corrected chi connectivity index (χ0v) is 12.0. The van der Waals surface area contributed by atoms with Crippen molar-refractivity contribution in [3.63, 3.8) is 0 Å². The summed E-state index contributed by atoms with van der Waals surface area (Å²) >= 11 is 0. The molecule has 8 heteroatoms. The van der Waals surface area contributed by atoms with E-state index in [9.17, 15) is 8.42 Å². The van der Waals surface area contributed by atoms with E-state index in [1.54, 1.807) is 30.1 Å². The topological polar surface area (TPSA) is 83.9 Å². The van der Waals surface area contributed by atoms with E-state index in [1.807, 2.05) is 6.92 Å². The van der Waals surface area contributed by atoms with E-state index in [4.69, 9.17) is 0 Å². The number of aromatic amines is 1. The number of imidazole rings is 2. The fraction of sp³-hybridized carbons (Fsp3) is 0.455. The Balaban J connectivity index is 2.25. The molecule has 0 aliphatic rings. The Hall–Kier alpha value is -1.67. The van der Waals surface area contributed by atoms with Gasteiger partial charge < -0.3 is 9.55 Å². The van der Waals surface area contributed by atoms with Crippen LogP contribution in [0.3, 0.4) is 0 Å². The van der Waals surface area contributed by atoms with Gasteiger partial charge in [-0.25, -0.2) is 18.4 Å². The second-order valence-electron chi connectivity index (χ2n) is 4.21. The van der Waals surface area contributed by atoms with E-state index in [-0.39, 0.29) is 11.6 Å². The molecular formula is C11H17N5O2S. The molecule has 2 heterocycles. The summed E-state index contributed by atoms with van der Waals surface area (Å²) in [6.07, 6.45) is 4.81. The minimum Gasteiger partial charge on any atom is -0.347 e. The number of H-pyrrole nitrogens is 1. The van der Waals surface area contributed by atoms with Crippen molar-refractivity contribution >= 4 is 10.0 Å². The van der Waals surface area contributed by atoms with Crippen LogP contribution in [-0.2, 0) is 23.1 Å². The number of hydrogen-bond acceptors (Lipinski definition) is 4. The maximum absolute atomic E-state index is 12.3. The van der Waals surface area contributed by atoms with Crippen LogP contribution < -0.4 is 0 Å². The van der Waals surface area contributed by atoms with Crippen molar-refractivity contribution in [2.45, 2.75) is 32.0 Å². The normalized spacial score (nSPS) is 12.2. The SMILES string of the molecule is CCn1cc(S(=O)(=O)N(C)Cc2ncc[nH]2)nc1C. The van der Waals surface area contributed by atoms with Crippen LogP contribution in [0.1, 0.15) is 18.6 Å². The number of rotatable bonds is 5. The standard InChI is InChI=1S/C11H17N5O2S/c1-4-16-8-11(14-9(16)2)19(17,18)15(3)7-10-12-5-6-13-10/h5-6,8H,4,7H2,1-3H3,(H,12,13). The summed E-state index contributed by atoms with van der Waals surface area (Å²) in [5.74, 6) is 1.28. The number of aryl methyl sites for hydroxylation is 2. The highest BCUT2D eigenvalue weighted by atomic mass is 32.2. The lowest BCUT2D eigenvalue weighted by molar-refractivity contribution is 0.455. The van der Waals surface area contributed by atoms with Crippen LogP contribution in [0.25, 0.3) is 0 Å². The van der Waals surface area contributed by atoms with Crippen molar-refractivity contribution in [1.29, 1.82) is 0 Å². The molecule has 2 aromatic heterocycles. The molecule has 0 saturated carbocycles. The van der Waals surface area contributed by atoms with Crippen molar-refractivity contribution in [1.82, 2.24) is 23.8 Å². The monoisotopic (exact) mass is 283 g/mol. The first-order valence-corrected chi connectivity index (χ1v) is 7.37. The molecule has 0 aromatic carbocycles. The first-order valence-electron chi connectivity index (χ1n) is 5.93. The van der Waals surface area contributed by atoms with E-state index >= 15 is 0 Å². The fourth-order valence-corrected chi connectivity index (χ4v) is 2.88. The van der Waals surface area contributed by atoms with E-state index < -0.39 is 10.0 Å². The molecule has 0 aliphatic carbocycles. The quantitative estimate of drug-likeness (QED) is 0.878. The van der Waals surface area contributed by atoms with Crippen LogP contribution in [-0.4, -0.2) is 39.3 Å². The van der Waals surface area contributed by atoms with E-state index in [2.05, 4.69) is 15.0 Å². The van der Waals surface area contributed by atoms with E-state index in [0.29, 0.717) is 18.2 Å². The number of nitrogens with one attached hydrogen (secondary N) is 1. The lowest BCUT2D eigenvalue weighted by atomic mass is 10.6. The molecule has 0 unspecified atom stereocenters. The Labute approximate surface area is 112 Å². The lowest BCUT2D eigenvalue weighted by Gasteiger charge is -2.13. The van der Waals surface area contributed by atoms with Crippen molar-refractivity contribution in [2.24, 2.45) is 0 Å². The molecule has 0 amide bonds. The Morgan fingerprint density at radius 2 is 2.21 bits per heavy atom. The second kappa shape index (κ2) is 5.14. The maximum atomic E-state index is 12.3. The minimum atomic E-state index is -3.59. The molecule has 0 fully saturated rings. The molecule has 0 radical (unpaired) electrons. The average molecular weight is 283 g/mol. The predicted octanol–water partition coefficient (Wildman–Crippen LogP) is 0.755. The largest absolute Gasteiger partial charge is 0.347 e. The molecule has 2 rings (SSSR count). The Morgan fingerprint density at radius 1 is 1.47 bits per heavy atom. The molecule has 2 aromatic rings. The van der Waals surface area contributed by atoms with Gasteiger partial charge in [0.25, 0.3) is 10.0 Å². The van der Waals surface area contributed by atoms with E-state index in [0.717, 1.165) is 0 Å². The van der Waals surface area contributed by atoms with Gasteiger partial charge in [-0.3, -0.25) is 0 Å². The molecule has 0 saturated heterocycles. The molecule has 7 nitrogen and oxygen atoms in total. The van der Waals surface area contributed by atoms with Crippen LogP contribution in [0.5, 0.6) is 0 Å². The maximum Gasteiger partial charge on any atom is 0.262 e. The summed E-state index contributed by atoms with van der Waals surface area (Å²) in [7, 11) is -2.07. The zero-order chi connectivity index (χ0) is 14.0. The zero-order valence-electron chi connectivity index (χ0n) is 11.2. The number of hydrogen-bond donors (Lipinski definition) is 1. The molecule has 0 atom stereocenters. The summed E-state index contributed by atoms with van der Waals surface area (Å²) in [5.41, 5.74) is 0. The first kappa shape index (κ1) is 13.8. The van der Waals surface area contributed by atoms with Gasteiger partial charge in [-0.15, -0.1) is 0 Å². The van der Waals surface area contributed by atoms with Crippen molar-refractivity contribution in [2.75, 3.05) is 7.05 Å². The lowest BCUT2D eigenvalue weighted by Crippen LogP contribution is -2.27. The third-order valence-electron chi connectivity index (χ3n) is 2.90. The van der Waals surface area contributed by atoms with Crippen LogP contribution >= 0.6 is 0 Å². The van der Waals surface area contributed by atoms with Gasteiger partial charge in [0.15, 0.2) is 5.03 Å². The smallest absolute Gasteiger partial charge is 0.262 e. The van der Waals surface area contributed by atoms with Crippen LogP contribution in [0.2, 0.25) is 0 Å². The summed E-state index contributed by atoms with van der Waals surface area (Å²) in [6, 6.07) is 0. The Morgan fingerprint density at radius 3 is 2.74 bits per heavy atom. The number of nitrogens with zero attached hydrogens (tertiary/aromatic N) is 4. The van der Waals surface area contributed by atoms with Crippen LogP contribution in [0, 0.1) is 6.92 Å². The third kappa shape index (κ3) is 2.69. The van der Waals surface area contributed by atoms with Gasteiger partial charge in [-0.05, 0) is 13.8 Å². The minimum absolute atomic E-state index is 0.0703. The van der Waals surface area contributed by atoms with Crippen LogP contribution in [0.4, 0.5) is 0 Å². The molecular weight excluding hydrogens is 266 g/mol. The van der Waals surface area contributed by atoms with Crippen molar-refractivity contribution in [3.8, 4) is 0 Å². The van der Waals surface area contributed by atoms with Crippen molar-refractivity contribution in [3.05, 3.63) is 30.2 Å². The van der Waals surface area contributed by atoms with Crippen molar-refractivity contribution < 1.29 is 8.42 Å². The molecule has 19 heavy (non-hydrogen) atoms. The Kier molecular flexibility index (Phi) is 3.72. The fourth-order valence-electron chi connectivity index (χ4n) is 1.76. The Bertz CT molecular complexity index is 645. The van der Waals surface area contributed by atoms with Gasteiger partial charge in [-0.2, -0.15) is 4.31 Å². The second-order valence-corrected chi connectivity index (χ2v) is 6.20. The van der Waals surface area contributed by atoms with Gasteiger partial charge in [0.2, 0.25) is 0 Å². The van der Waals surface area contributed by atoms with Gasteiger partial charge in [0.1, 0.15) is 11.6 Å². The van der Waals surface area contributed by atoms with E-state index in [1.165, 1.54) is 11.4 Å². The molecule has 0 bridgehead atoms. The van der Waals surface area contributed by atoms with Gasteiger partial charge >= 0.3 is 0 Å².